The number of hydrogen-bond acceptors (Lipinski definition) is 5. The van der Waals surface area contributed by atoms with E-state index >= 15 is 0 Å². The first kappa shape index (κ1) is 10.3. The third-order valence-electron chi connectivity index (χ3n) is 2.21. The van der Waals surface area contributed by atoms with E-state index in [9.17, 15) is 10.2 Å². The number of thiol groups is 1. The molecule has 0 unspecified atom stereocenters. The molecule has 1 rings (SSSR count). The molecule has 5 heteroatoms. The van der Waals surface area contributed by atoms with Gasteiger partial charge >= 0.3 is 0 Å². The molecule has 1 aliphatic heterocycles. The zero-order valence-corrected chi connectivity index (χ0v) is 7.74. The van der Waals surface area contributed by atoms with E-state index in [4.69, 9.17) is 9.84 Å². The Kier molecular flexibility index (Phi) is 3.01. The van der Waals surface area contributed by atoms with E-state index in [1.54, 1.807) is 6.92 Å². The summed E-state index contributed by atoms with van der Waals surface area (Å²) in [7, 11) is 0. The van der Waals surface area contributed by atoms with Crippen LogP contribution in [-0.2, 0) is 4.74 Å². The molecule has 4 nitrogen and oxygen atoms in total. The topological polar surface area (TPSA) is 69.9 Å². The third-order valence-corrected chi connectivity index (χ3v) is 2.89. The summed E-state index contributed by atoms with van der Waals surface area (Å²) in [5, 5.41) is 27.5. The molecule has 0 bridgehead atoms. The van der Waals surface area contributed by atoms with Crippen LogP contribution in [0.3, 0.4) is 0 Å². The van der Waals surface area contributed by atoms with E-state index < -0.39 is 23.2 Å². The number of ether oxygens (including phenoxy) is 1. The Morgan fingerprint density at radius 2 is 2.08 bits per heavy atom. The summed E-state index contributed by atoms with van der Waals surface area (Å²) >= 11 is 4.11. The normalized spacial score (nSPS) is 48.2. The lowest BCUT2D eigenvalue weighted by atomic mass is 10.1. The van der Waals surface area contributed by atoms with Gasteiger partial charge in [-0.05, 0) is 6.42 Å². The number of hydrogen-bond donors (Lipinski definition) is 4. The molecule has 1 aliphatic rings. The highest BCUT2D eigenvalue weighted by molar-refractivity contribution is 7.81. The molecule has 12 heavy (non-hydrogen) atoms. The Hall–Kier alpha value is 0.190. The van der Waals surface area contributed by atoms with E-state index in [-0.39, 0.29) is 6.61 Å². The van der Waals surface area contributed by atoms with Crippen molar-refractivity contribution in [1.29, 1.82) is 0 Å². The molecule has 0 aliphatic carbocycles. The van der Waals surface area contributed by atoms with Crippen LogP contribution in [-0.4, -0.2) is 45.2 Å². The van der Waals surface area contributed by atoms with Crippen LogP contribution in [0.4, 0.5) is 0 Å². The van der Waals surface area contributed by atoms with Gasteiger partial charge < -0.3 is 20.1 Å². The van der Waals surface area contributed by atoms with Gasteiger partial charge in [-0.15, -0.1) is 12.6 Å². The van der Waals surface area contributed by atoms with Gasteiger partial charge in [-0.1, -0.05) is 6.92 Å². The number of aliphatic hydroxyl groups excluding tert-OH is 3. The lowest BCUT2D eigenvalue weighted by molar-refractivity contribution is -0.0373. The molecule has 0 amide bonds. The van der Waals surface area contributed by atoms with Crippen molar-refractivity contribution in [2.45, 2.75) is 36.6 Å². The first-order valence-electron chi connectivity index (χ1n) is 3.92. The lowest BCUT2D eigenvalue weighted by Crippen LogP contribution is -2.38. The van der Waals surface area contributed by atoms with Gasteiger partial charge in [0.15, 0.2) is 0 Å². The molecule has 1 heterocycles. The van der Waals surface area contributed by atoms with Crippen LogP contribution in [0.5, 0.6) is 0 Å². The predicted molar refractivity (Wildman–Crippen MR) is 46.0 cm³/mol. The fourth-order valence-corrected chi connectivity index (χ4v) is 1.60. The maximum absolute atomic E-state index is 9.46. The molecule has 1 saturated heterocycles. The van der Waals surface area contributed by atoms with Crippen molar-refractivity contribution in [1.82, 2.24) is 0 Å². The third kappa shape index (κ3) is 1.47. The van der Waals surface area contributed by atoms with Crippen LogP contribution in [0, 0.1) is 0 Å². The van der Waals surface area contributed by atoms with Crippen molar-refractivity contribution in [3.8, 4) is 0 Å². The van der Waals surface area contributed by atoms with E-state index in [0.717, 1.165) is 0 Å². The van der Waals surface area contributed by atoms with Crippen LogP contribution in [0.2, 0.25) is 0 Å². The predicted octanol–water partition coefficient (Wildman–Crippen LogP) is -0.865. The van der Waals surface area contributed by atoms with Crippen LogP contribution in [0.25, 0.3) is 0 Å². The minimum absolute atomic E-state index is 0.305. The molecular formula is C7H14O4S. The summed E-state index contributed by atoms with van der Waals surface area (Å²) in [5.41, 5.74) is 0. The van der Waals surface area contributed by atoms with E-state index in [0.29, 0.717) is 6.42 Å². The molecule has 0 radical (unpaired) electrons. The Morgan fingerprint density at radius 3 is 2.33 bits per heavy atom. The van der Waals surface area contributed by atoms with Gasteiger partial charge in [-0.25, -0.2) is 0 Å². The zero-order chi connectivity index (χ0) is 9.35. The van der Waals surface area contributed by atoms with Gasteiger partial charge in [-0.2, -0.15) is 0 Å². The zero-order valence-electron chi connectivity index (χ0n) is 6.84. The Bertz CT molecular complexity index is 165. The van der Waals surface area contributed by atoms with Gasteiger partial charge in [0.05, 0.1) is 6.61 Å². The minimum atomic E-state index is -1.05. The Labute approximate surface area is 76.6 Å². The monoisotopic (exact) mass is 194 g/mol. The average molecular weight is 194 g/mol. The van der Waals surface area contributed by atoms with Crippen LogP contribution in [0.15, 0.2) is 0 Å². The highest BCUT2D eigenvalue weighted by atomic mass is 32.1. The molecule has 0 spiro atoms. The van der Waals surface area contributed by atoms with Crippen molar-refractivity contribution in [2.24, 2.45) is 0 Å². The summed E-state index contributed by atoms with van der Waals surface area (Å²) in [6.45, 7) is 1.49. The second kappa shape index (κ2) is 3.51. The van der Waals surface area contributed by atoms with E-state index in [2.05, 4.69) is 12.6 Å². The minimum Gasteiger partial charge on any atom is -0.394 e. The Balaban J connectivity index is 2.72. The second-order valence-electron chi connectivity index (χ2n) is 2.97. The fraction of sp³-hybridized carbons (Fsp3) is 1.00. The van der Waals surface area contributed by atoms with Crippen molar-refractivity contribution in [3.63, 3.8) is 0 Å². The van der Waals surface area contributed by atoms with Gasteiger partial charge in [0.1, 0.15) is 23.2 Å². The molecule has 3 N–H and O–H groups in total. The van der Waals surface area contributed by atoms with Crippen molar-refractivity contribution < 1.29 is 20.1 Å². The molecule has 0 aromatic heterocycles. The van der Waals surface area contributed by atoms with Crippen LogP contribution in [0.1, 0.15) is 13.3 Å². The lowest BCUT2D eigenvalue weighted by Gasteiger charge is -2.24. The quantitative estimate of drug-likeness (QED) is 0.432. The van der Waals surface area contributed by atoms with Crippen LogP contribution >= 0.6 is 12.6 Å². The largest absolute Gasteiger partial charge is 0.394 e. The molecule has 0 aromatic carbocycles. The molecule has 1 fully saturated rings. The molecule has 72 valence electrons. The summed E-state index contributed by atoms with van der Waals surface area (Å²) in [6.07, 6.45) is -2.34. The van der Waals surface area contributed by atoms with E-state index in [1.165, 1.54) is 0 Å². The average Bonchev–Trinajstić information content (AvgIpc) is 2.31. The first-order valence-corrected chi connectivity index (χ1v) is 4.37. The highest BCUT2D eigenvalue weighted by Gasteiger charge is 2.50. The molecular weight excluding hydrogens is 180 g/mol. The standard InChI is InChI=1S/C7H14O4S/c1-2-7(12)6(10)5(9)4(3-8)11-7/h4-6,8-10,12H,2-3H2,1H3/t4-,5+,6-,7+/m1/s1. The Morgan fingerprint density at radius 1 is 1.50 bits per heavy atom. The number of rotatable bonds is 2. The molecule has 4 atom stereocenters. The first-order chi connectivity index (χ1) is 5.55. The maximum atomic E-state index is 9.46. The fourth-order valence-electron chi connectivity index (χ4n) is 1.31. The maximum Gasteiger partial charge on any atom is 0.139 e. The molecule has 0 saturated carbocycles. The smallest absolute Gasteiger partial charge is 0.139 e. The second-order valence-corrected chi connectivity index (χ2v) is 3.73. The van der Waals surface area contributed by atoms with Gasteiger partial charge in [0, 0.05) is 0 Å². The van der Waals surface area contributed by atoms with Crippen molar-refractivity contribution in [3.05, 3.63) is 0 Å². The summed E-state index contributed by atoms with van der Waals surface area (Å²) in [6, 6.07) is 0. The van der Waals surface area contributed by atoms with Gasteiger partial charge in [0.25, 0.3) is 0 Å². The van der Waals surface area contributed by atoms with E-state index in [1.807, 2.05) is 0 Å². The van der Waals surface area contributed by atoms with Crippen LogP contribution < -0.4 is 0 Å². The van der Waals surface area contributed by atoms with Crippen molar-refractivity contribution >= 4 is 12.6 Å². The SMILES string of the molecule is CC[C@@]1(S)O[C@H](CO)[C@H](O)[C@H]1O. The highest BCUT2D eigenvalue weighted by Crippen LogP contribution is 2.36. The summed E-state index contributed by atoms with van der Waals surface area (Å²) in [5.74, 6) is 0. The molecule has 0 aromatic rings. The number of aliphatic hydroxyl groups is 3. The van der Waals surface area contributed by atoms with Crippen molar-refractivity contribution in [2.75, 3.05) is 6.61 Å². The van der Waals surface area contributed by atoms with Gasteiger partial charge in [0.2, 0.25) is 0 Å². The summed E-state index contributed by atoms with van der Waals surface area (Å²) in [4.78, 5) is -1.02. The summed E-state index contributed by atoms with van der Waals surface area (Å²) < 4.78 is 5.19. The van der Waals surface area contributed by atoms with Gasteiger partial charge in [-0.3, -0.25) is 0 Å².